The number of carbonyl (C=O) groups excluding carboxylic acids is 1. The predicted molar refractivity (Wildman–Crippen MR) is 75.7 cm³/mol. The van der Waals surface area contributed by atoms with Gasteiger partial charge in [-0.05, 0) is 12.1 Å². The van der Waals surface area contributed by atoms with E-state index >= 15 is 0 Å². The van der Waals surface area contributed by atoms with Crippen molar-refractivity contribution in [2.75, 3.05) is 13.9 Å². The van der Waals surface area contributed by atoms with E-state index in [9.17, 15) is 4.79 Å². The molecular formula is C16H18O5. The normalized spacial score (nSPS) is 22.4. The van der Waals surface area contributed by atoms with Crippen molar-refractivity contribution >= 4 is 5.97 Å². The molecule has 0 N–H and O–H groups in total. The molecule has 1 aromatic carbocycles. The highest BCUT2D eigenvalue weighted by Gasteiger charge is 2.50. The summed E-state index contributed by atoms with van der Waals surface area (Å²) < 4.78 is 21.9. The fraction of sp³-hybridized carbons (Fsp3) is 0.438. The van der Waals surface area contributed by atoms with Crippen molar-refractivity contribution in [3.63, 3.8) is 0 Å². The van der Waals surface area contributed by atoms with Gasteiger partial charge in [0.15, 0.2) is 11.5 Å². The van der Waals surface area contributed by atoms with Gasteiger partial charge in [-0.3, -0.25) is 4.79 Å². The first kappa shape index (κ1) is 13.8. The molecule has 0 saturated carbocycles. The van der Waals surface area contributed by atoms with E-state index in [1.54, 1.807) is 18.2 Å². The Morgan fingerprint density at radius 2 is 2.10 bits per heavy atom. The summed E-state index contributed by atoms with van der Waals surface area (Å²) in [6.45, 7) is 7.94. The first-order valence-corrected chi connectivity index (χ1v) is 6.80. The molecule has 0 amide bonds. The van der Waals surface area contributed by atoms with Crippen LogP contribution in [0.4, 0.5) is 0 Å². The first-order chi connectivity index (χ1) is 9.99. The van der Waals surface area contributed by atoms with Crippen molar-refractivity contribution in [1.82, 2.24) is 0 Å². The van der Waals surface area contributed by atoms with Crippen molar-refractivity contribution in [3.05, 3.63) is 30.4 Å². The van der Waals surface area contributed by atoms with Crippen LogP contribution in [0.25, 0.3) is 0 Å². The second-order valence-corrected chi connectivity index (χ2v) is 5.78. The highest BCUT2D eigenvalue weighted by Crippen LogP contribution is 2.53. The van der Waals surface area contributed by atoms with Gasteiger partial charge in [-0.15, -0.1) is 6.58 Å². The zero-order chi connectivity index (χ0) is 15.2. The summed E-state index contributed by atoms with van der Waals surface area (Å²) in [5.41, 5.74) is 0.307. The number of hydrogen-bond acceptors (Lipinski definition) is 5. The van der Waals surface area contributed by atoms with Crippen LogP contribution < -0.4 is 14.2 Å². The van der Waals surface area contributed by atoms with Crippen molar-refractivity contribution in [2.24, 2.45) is 5.41 Å². The van der Waals surface area contributed by atoms with Gasteiger partial charge in [0.05, 0.1) is 12.7 Å². The molecule has 5 heteroatoms. The third-order valence-corrected chi connectivity index (χ3v) is 4.12. The molecule has 0 saturated heterocycles. The number of benzene rings is 1. The molecule has 0 aliphatic carbocycles. The third-order valence-electron chi connectivity index (χ3n) is 4.12. The zero-order valence-electron chi connectivity index (χ0n) is 12.3. The summed E-state index contributed by atoms with van der Waals surface area (Å²) in [6.07, 6.45) is 1.39. The maximum atomic E-state index is 12.3. The van der Waals surface area contributed by atoms with Crippen LogP contribution >= 0.6 is 0 Å². The molecule has 5 nitrogen and oxygen atoms in total. The summed E-state index contributed by atoms with van der Waals surface area (Å²) in [5.74, 6) is 0.926. The van der Waals surface area contributed by atoms with Gasteiger partial charge in [-0.2, -0.15) is 0 Å². The van der Waals surface area contributed by atoms with Gasteiger partial charge >= 0.3 is 5.97 Å². The Kier molecular flexibility index (Phi) is 3.08. The van der Waals surface area contributed by atoms with Crippen LogP contribution in [0.1, 0.15) is 25.3 Å². The maximum absolute atomic E-state index is 12.3. The van der Waals surface area contributed by atoms with Crippen LogP contribution in [0.3, 0.4) is 0 Å². The van der Waals surface area contributed by atoms with Gasteiger partial charge in [0.1, 0.15) is 17.8 Å². The molecule has 0 spiro atoms. The van der Waals surface area contributed by atoms with Gasteiger partial charge in [0.2, 0.25) is 6.79 Å². The zero-order valence-corrected chi connectivity index (χ0v) is 12.3. The molecule has 2 aliphatic heterocycles. The monoisotopic (exact) mass is 290 g/mol. The largest absolute Gasteiger partial charge is 0.488 e. The van der Waals surface area contributed by atoms with Gasteiger partial charge in [0.25, 0.3) is 0 Å². The first-order valence-electron chi connectivity index (χ1n) is 6.80. The minimum absolute atomic E-state index is 0.148. The number of ether oxygens (including phenoxy) is 4. The predicted octanol–water partition coefficient (Wildman–Crippen LogP) is 2.65. The van der Waals surface area contributed by atoms with Gasteiger partial charge in [-0.25, -0.2) is 0 Å². The average Bonchev–Trinajstić information content (AvgIpc) is 3.09. The average molecular weight is 290 g/mol. The van der Waals surface area contributed by atoms with Gasteiger partial charge < -0.3 is 18.9 Å². The summed E-state index contributed by atoms with van der Waals surface area (Å²) in [5, 5.41) is 0. The molecule has 2 aliphatic rings. The van der Waals surface area contributed by atoms with E-state index in [0.29, 0.717) is 22.8 Å². The maximum Gasteiger partial charge on any atom is 0.317 e. The standard InChI is InChI=1S/C16H18O5/c1-5-16(2,3)14-12(15(17)18-4)11-9(21-14)6-7-10-13(11)20-8-19-10/h5-7,12,14H,1,8H2,2-4H3/t12-,14+/m0/s1. The Hall–Kier alpha value is -2.17. The molecule has 1 aromatic rings. The fourth-order valence-corrected chi connectivity index (χ4v) is 2.80. The molecule has 112 valence electrons. The molecule has 2 heterocycles. The number of hydrogen-bond donors (Lipinski definition) is 0. The molecule has 0 fully saturated rings. The number of rotatable bonds is 3. The van der Waals surface area contributed by atoms with E-state index in [2.05, 4.69) is 6.58 Å². The SMILES string of the molecule is C=CC(C)(C)[C@@H]1Oc2ccc3c(c2[C@@H]1C(=O)OC)OCO3. The van der Waals surface area contributed by atoms with E-state index in [4.69, 9.17) is 18.9 Å². The molecule has 0 bridgehead atoms. The van der Waals surface area contributed by atoms with E-state index in [0.717, 1.165) is 0 Å². The lowest BCUT2D eigenvalue weighted by Gasteiger charge is -2.30. The molecule has 0 radical (unpaired) electrons. The fourth-order valence-electron chi connectivity index (χ4n) is 2.80. The van der Waals surface area contributed by atoms with Gasteiger partial charge in [0, 0.05) is 5.41 Å². The van der Waals surface area contributed by atoms with Crippen molar-refractivity contribution in [1.29, 1.82) is 0 Å². The van der Waals surface area contributed by atoms with Crippen LogP contribution in [0.2, 0.25) is 0 Å². The van der Waals surface area contributed by atoms with Crippen molar-refractivity contribution < 1.29 is 23.7 Å². The van der Waals surface area contributed by atoms with Crippen molar-refractivity contribution in [2.45, 2.75) is 25.9 Å². The van der Waals surface area contributed by atoms with E-state index in [-0.39, 0.29) is 12.8 Å². The second-order valence-electron chi connectivity index (χ2n) is 5.78. The van der Waals surface area contributed by atoms with Crippen LogP contribution in [0, 0.1) is 5.41 Å². The van der Waals surface area contributed by atoms with Crippen LogP contribution in [0.5, 0.6) is 17.2 Å². The van der Waals surface area contributed by atoms with Crippen LogP contribution in [-0.2, 0) is 9.53 Å². The third kappa shape index (κ3) is 1.95. The molecule has 3 rings (SSSR count). The second kappa shape index (κ2) is 4.69. The number of carbonyl (C=O) groups is 1. The van der Waals surface area contributed by atoms with Gasteiger partial charge in [-0.1, -0.05) is 19.9 Å². The Morgan fingerprint density at radius 1 is 1.38 bits per heavy atom. The smallest absolute Gasteiger partial charge is 0.317 e. The summed E-state index contributed by atoms with van der Waals surface area (Å²) >= 11 is 0. The Labute approximate surface area is 123 Å². The summed E-state index contributed by atoms with van der Waals surface area (Å²) in [4.78, 5) is 12.3. The highest BCUT2D eigenvalue weighted by molar-refractivity contribution is 5.83. The van der Waals surface area contributed by atoms with Crippen molar-refractivity contribution in [3.8, 4) is 17.2 Å². The molecule has 0 aromatic heterocycles. The molecule has 2 atom stereocenters. The van der Waals surface area contributed by atoms with E-state index in [1.165, 1.54) is 7.11 Å². The quantitative estimate of drug-likeness (QED) is 0.633. The summed E-state index contributed by atoms with van der Waals surface area (Å²) in [7, 11) is 1.37. The minimum Gasteiger partial charge on any atom is -0.488 e. The molecular weight excluding hydrogens is 272 g/mol. The Morgan fingerprint density at radius 3 is 2.76 bits per heavy atom. The molecule has 21 heavy (non-hydrogen) atoms. The lowest BCUT2D eigenvalue weighted by atomic mass is 9.78. The van der Waals surface area contributed by atoms with Crippen LogP contribution in [0.15, 0.2) is 24.8 Å². The lowest BCUT2D eigenvalue weighted by molar-refractivity contribution is -0.145. The number of methoxy groups -OCH3 is 1. The Balaban J connectivity index is 2.13. The lowest BCUT2D eigenvalue weighted by Crippen LogP contribution is -2.38. The Bertz CT molecular complexity index is 605. The molecule has 0 unspecified atom stereocenters. The minimum atomic E-state index is -0.561. The topological polar surface area (TPSA) is 54.0 Å². The number of fused-ring (bicyclic) bond motifs is 3. The van der Waals surface area contributed by atoms with E-state index in [1.807, 2.05) is 13.8 Å². The summed E-state index contributed by atoms with van der Waals surface area (Å²) in [6, 6.07) is 3.59. The number of esters is 1. The highest BCUT2D eigenvalue weighted by atomic mass is 16.7. The van der Waals surface area contributed by atoms with E-state index < -0.39 is 17.4 Å². The van der Waals surface area contributed by atoms with Crippen LogP contribution in [-0.4, -0.2) is 26.0 Å².